The summed E-state index contributed by atoms with van der Waals surface area (Å²) in [5.74, 6) is 0.375. The van der Waals surface area contributed by atoms with Gasteiger partial charge in [0, 0.05) is 18.1 Å². The van der Waals surface area contributed by atoms with Crippen LogP contribution in [0.5, 0.6) is 0 Å². The molecule has 1 unspecified atom stereocenters. The number of nitrogens with zero attached hydrogens (tertiary/aromatic N) is 1. The molecule has 0 aliphatic carbocycles. The molecule has 1 N–H and O–H groups in total. The van der Waals surface area contributed by atoms with Crippen molar-refractivity contribution in [2.24, 2.45) is 5.92 Å². The van der Waals surface area contributed by atoms with E-state index in [1.54, 1.807) is 12.1 Å². The lowest BCUT2D eigenvalue weighted by atomic mass is 10.1. The minimum atomic E-state index is -0.322. The summed E-state index contributed by atoms with van der Waals surface area (Å²) in [6.07, 6.45) is 1.20. The molecule has 5 heteroatoms. The van der Waals surface area contributed by atoms with Gasteiger partial charge in [-0.25, -0.2) is 4.79 Å². The van der Waals surface area contributed by atoms with Crippen LogP contribution in [-0.2, 0) is 11.3 Å². The third-order valence-electron chi connectivity index (χ3n) is 3.72. The lowest BCUT2D eigenvalue weighted by Crippen LogP contribution is -2.24. The van der Waals surface area contributed by atoms with Crippen LogP contribution in [0.2, 0.25) is 5.02 Å². The molecule has 2 rings (SSSR count). The van der Waals surface area contributed by atoms with Gasteiger partial charge in [0.25, 0.3) is 0 Å². The normalized spacial score (nSPS) is 19.2. The molecule has 1 heterocycles. The fraction of sp³-hybridized carbons (Fsp3) is 0.533. The number of likely N-dealkylation sites (tertiary alicyclic amines) is 1. The summed E-state index contributed by atoms with van der Waals surface area (Å²) in [6.45, 7) is 3.97. The van der Waals surface area contributed by atoms with E-state index >= 15 is 0 Å². The Morgan fingerprint density at radius 2 is 2.35 bits per heavy atom. The van der Waals surface area contributed by atoms with Gasteiger partial charge in [-0.2, -0.15) is 0 Å². The van der Waals surface area contributed by atoms with Crippen molar-refractivity contribution in [3.8, 4) is 0 Å². The zero-order valence-corrected chi connectivity index (χ0v) is 12.7. The maximum atomic E-state index is 11.6. The van der Waals surface area contributed by atoms with E-state index in [9.17, 15) is 4.79 Å². The molecule has 0 saturated carbocycles. The highest BCUT2D eigenvalue weighted by Gasteiger charge is 2.22. The SMILES string of the molecule is CNCC1CCN(Cc2cc(C(=O)OC)ccc2Cl)C1. The number of benzene rings is 1. The topological polar surface area (TPSA) is 41.6 Å². The maximum absolute atomic E-state index is 11.6. The van der Waals surface area contributed by atoms with Crippen molar-refractivity contribution in [2.45, 2.75) is 13.0 Å². The standard InChI is InChI=1S/C15H21ClN2O2/c1-17-8-11-5-6-18(9-11)10-13-7-12(15(19)20-2)3-4-14(13)16/h3-4,7,11,17H,5-6,8-10H2,1-2H3. The molecule has 0 aromatic heterocycles. The second-order valence-electron chi connectivity index (χ2n) is 5.25. The van der Waals surface area contributed by atoms with Crippen LogP contribution in [0.15, 0.2) is 18.2 Å². The number of halogens is 1. The predicted octanol–water partition coefficient (Wildman–Crippen LogP) is 2.17. The third kappa shape index (κ3) is 3.72. The number of ether oxygens (including phenoxy) is 1. The van der Waals surface area contributed by atoms with Gasteiger partial charge in [0.1, 0.15) is 0 Å². The third-order valence-corrected chi connectivity index (χ3v) is 4.09. The van der Waals surface area contributed by atoms with Crippen LogP contribution in [0, 0.1) is 5.92 Å². The number of esters is 1. The molecular weight excluding hydrogens is 276 g/mol. The molecule has 1 aromatic rings. The largest absolute Gasteiger partial charge is 0.465 e. The highest BCUT2D eigenvalue weighted by molar-refractivity contribution is 6.31. The van der Waals surface area contributed by atoms with Crippen LogP contribution in [0.4, 0.5) is 0 Å². The highest BCUT2D eigenvalue weighted by Crippen LogP contribution is 2.23. The van der Waals surface area contributed by atoms with Crippen LogP contribution in [0.25, 0.3) is 0 Å². The smallest absolute Gasteiger partial charge is 0.337 e. The van der Waals surface area contributed by atoms with Gasteiger partial charge in [-0.3, -0.25) is 4.90 Å². The van der Waals surface area contributed by atoms with Crippen molar-refractivity contribution in [3.63, 3.8) is 0 Å². The number of hydrogen-bond acceptors (Lipinski definition) is 4. The number of rotatable bonds is 5. The molecule has 0 amide bonds. The first-order chi connectivity index (χ1) is 9.63. The maximum Gasteiger partial charge on any atom is 0.337 e. The second-order valence-corrected chi connectivity index (χ2v) is 5.65. The van der Waals surface area contributed by atoms with Gasteiger partial charge in [-0.1, -0.05) is 11.6 Å². The van der Waals surface area contributed by atoms with E-state index in [4.69, 9.17) is 16.3 Å². The van der Waals surface area contributed by atoms with Crippen LogP contribution in [-0.4, -0.2) is 44.7 Å². The fourth-order valence-electron chi connectivity index (χ4n) is 2.69. The molecule has 1 fully saturated rings. The van der Waals surface area contributed by atoms with Gasteiger partial charge < -0.3 is 10.1 Å². The van der Waals surface area contributed by atoms with Crippen molar-refractivity contribution in [2.75, 3.05) is 33.8 Å². The first-order valence-corrected chi connectivity index (χ1v) is 7.25. The number of carbonyl (C=O) groups excluding carboxylic acids is 1. The zero-order valence-electron chi connectivity index (χ0n) is 12.0. The summed E-state index contributed by atoms with van der Waals surface area (Å²) in [5.41, 5.74) is 1.54. The lowest BCUT2D eigenvalue weighted by Gasteiger charge is -2.17. The van der Waals surface area contributed by atoms with Crippen LogP contribution in [0.3, 0.4) is 0 Å². The minimum Gasteiger partial charge on any atom is -0.465 e. The fourth-order valence-corrected chi connectivity index (χ4v) is 2.87. The van der Waals surface area contributed by atoms with Crippen molar-refractivity contribution in [3.05, 3.63) is 34.3 Å². The molecule has 4 nitrogen and oxygen atoms in total. The Hall–Kier alpha value is -1.10. The zero-order chi connectivity index (χ0) is 14.5. The molecule has 1 atom stereocenters. The number of carbonyl (C=O) groups is 1. The Kier molecular flexibility index (Phi) is 5.40. The quantitative estimate of drug-likeness (QED) is 0.846. The van der Waals surface area contributed by atoms with E-state index in [1.807, 2.05) is 13.1 Å². The van der Waals surface area contributed by atoms with Gasteiger partial charge in [-0.15, -0.1) is 0 Å². The molecule has 0 bridgehead atoms. The van der Waals surface area contributed by atoms with Gasteiger partial charge in [0.2, 0.25) is 0 Å². The van der Waals surface area contributed by atoms with Gasteiger partial charge in [0.15, 0.2) is 0 Å². The van der Waals surface area contributed by atoms with Crippen molar-refractivity contribution < 1.29 is 9.53 Å². The van der Waals surface area contributed by atoms with E-state index in [-0.39, 0.29) is 5.97 Å². The number of methoxy groups -OCH3 is 1. The summed E-state index contributed by atoms with van der Waals surface area (Å²) in [5, 5.41) is 3.93. The van der Waals surface area contributed by atoms with Gasteiger partial charge in [-0.05, 0) is 56.2 Å². The number of nitrogens with one attached hydrogen (secondary N) is 1. The second kappa shape index (κ2) is 7.07. The van der Waals surface area contributed by atoms with E-state index in [1.165, 1.54) is 13.5 Å². The average Bonchev–Trinajstić information content (AvgIpc) is 2.88. The van der Waals surface area contributed by atoms with Crippen LogP contribution in [0.1, 0.15) is 22.3 Å². The molecule has 1 saturated heterocycles. The van der Waals surface area contributed by atoms with E-state index in [0.717, 1.165) is 31.7 Å². The Balaban J connectivity index is 2.04. The number of hydrogen-bond donors (Lipinski definition) is 1. The summed E-state index contributed by atoms with van der Waals surface area (Å²) >= 11 is 6.23. The van der Waals surface area contributed by atoms with Crippen LogP contribution >= 0.6 is 11.6 Å². The van der Waals surface area contributed by atoms with E-state index in [2.05, 4.69) is 10.2 Å². The summed E-state index contributed by atoms with van der Waals surface area (Å²) in [4.78, 5) is 13.9. The van der Waals surface area contributed by atoms with Crippen molar-refractivity contribution in [1.29, 1.82) is 0 Å². The molecular formula is C15H21ClN2O2. The molecule has 1 aliphatic heterocycles. The van der Waals surface area contributed by atoms with Crippen LogP contribution < -0.4 is 5.32 Å². The Morgan fingerprint density at radius 1 is 1.55 bits per heavy atom. The van der Waals surface area contributed by atoms with Crippen molar-refractivity contribution >= 4 is 17.6 Å². The Morgan fingerprint density at radius 3 is 3.05 bits per heavy atom. The average molecular weight is 297 g/mol. The predicted molar refractivity (Wildman–Crippen MR) is 80.1 cm³/mol. The van der Waals surface area contributed by atoms with Crippen molar-refractivity contribution in [1.82, 2.24) is 10.2 Å². The first kappa shape index (κ1) is 15.3. The summed E-state index contributed by atoms with van der Waals surface area (Å²) < 4.78 is 4.75. The van der Waals surface area contributed by atoms with Gasteiger partial charge in [0.05, 0.1) is 12.7 Å². The summed E-state index contributed by atoms with van der Waals surface area (Å²) in [6, 6.07) is 5.30. The summed E-state index contributed by atoms with van der Waals surface area (Å²) in [7, 11) is 3.37. The molecule has 1 aromatic carbocycles. The first-order valence-electron chi connectivity index (χ1n) is 6.87. The van der Waals surface area contributed by atoms with E-state index in [0.29, 0.717) is 16.5 Å². The highest BCUT2D eigenvalue weighted by atomic mass is 35.5. The Bertz CT molecular complexity index is 479. The monoisotopic (exact) mass is 296 g/mol. The molecule has 0 radical (unpaired) electrons. The minimum absolute atomic E-state index is 0.322. The molecule has 1 aliphatic rings. The van der Waals surface area contributed by atoms with E-state index < -0.39 is 0 Å². The molecule has 110 valence electrons. The Labute approximate surface area is 125 Å². The lowest BCUT2D eigenvalue weighted by molar-refractivity contribution is 0.0600. The van der Waals surface area contributed by atoms with Gasteiger partial charge >= 0.3 is 5.97 Å². The molecule has 20 heavy (non-hydrogen) atoms. The molecule has 0 spiro atoms.